The van der Waals surface area contributed by atoms with Crippen LogP contribution in [0.15, 0.2) is 18.2 Å². The van der Waals surface area contributed by atoms with Gasteiger partial charge >= 0.3 is 15.6 Å². The fourth-order valence-corrected chi connectivity index (χ4v) is 1.57. The molecule has 0 bridgehead atoms. The van der Waals surface area contributed by atoms with E-state index in [1.165, 1.54) is 6.07 Å². The highest BCUT2D eigenvalue weighted by atomic mass is 32.2. The third-order valence-corrected chi connectivity index (χ3v) is 2.87. The van der Waals surface area contributed by atoms with Crippen LogP contribution in [0.5, 0.6) is 11.5 Å². The molecule has 0 aliphatic carbocycles. The SMILES string of the molecule is O=S(=O)(Oc1ccc2c(c1)OOC2)C(F)(F)F. The van der Waals surface area contributed by atoms with Gasteiger partial charge in [0.25, 0.3) is 0 Å². The predicted octanol–water partition coefficient (Wildman–Crippen LogP) is 1.74. The van der Waals surface area contributed by atoms with Crippen LogP contribution >= 0.6 is 0 Å². The zero-order valence-electron chi connectivity index (χ0n) is 8.02. The van der Waals surface area contributed by atoms with Crippen molar-refractivity contribution < 1.29 is 35.5 Å². The van der Waals surface area contributed by atoms with E-state index < -0.39 is 21.4 Å². The second kappa shape index (κ2) is 3.77. The van der Waals surface area contributed by atoms with Crippen LogP contribution in [0.1, 0.15) is 5.56 Å². The molecule has 0 unspecified atom stereocenters. The minimum Gasteiger partial charge on any atom is -0.376 e. The molecule has 1 aromatic carbocycles. The van der Waals surface area contributed by atoms with Crippen molar-refractivity contribution in [2.24, 2.45) is 0 Å². The molecule has 1 aromatic rings. The van der Waals surface area contributed by atoms with Gasteiger partial charge in [-0.1, -0.05) is 0 Å². The van der Waals surface area contributed by atoms with Crippen LogP contribution in [-0.2, 0) is 21.6 Å². The number of hydrogen-bond donors (Lipinski definition) is 0. The maximum Gasteiger partial charge on any atom is 0.534 e. The van der Waals surface area contributed by atoms with E-state index in [4.69, 9.17) is 0 Å². The summed E-state index contributed by atoms with van der Waals surface area (Å²) in [5.41, 5.74) is -4.88. The van der Waals surface area contributed by atoms with E-state index in [0.29, 0.717) is 5.56 Å². The number of rotatable bonds is 2. The molecule has 1 aliphatic heterocycles. The predicted molar refractivity (Wildman–Crippen MR) is 47.5 cm³/mol. The fourth-order valence-electron chi connectivity index (χ4n) is 1.11. The van der Waals surface area contributed by atoms with Crippen LogP contribution < -0.4 is 9.07 Å². The minimum absolute atomic E-state index is 0.125. The Labute approximate surface area is 93.8 Å². The summed E-state index contributed by atoms with van der Waals surface area (Å²) < 4.78 is 61.4. The van der Waals surface area contributed by atoms with Crippen LogP contribution in [0.2, 0.25) is 0 Å². The van der Waals surface area contributed by atoms with Crippen molar-refractivity contribution in [3.05, 3.63) is 23.8 Å². The van der Waals surface area contributed by atoms with E-state index in [0.717, 1.165) is 12.1 Å². The number of halogens is 3. The van der Waals surface area contributed by atoms with Crippen molar-refractivity contribution >= 4 is 10.1 Å². The van der Waals surface area contributed by atoms with E-state index >= 15 is 0 Å². The van der Waals surface area contributed by atoms with Crippen LogP contribution in [0.4, 0.5) is 13.2 Å². The van der Waals surface area contributed by atoms with Crippen molar-refractivity contribution in [3.63, 3.8) is 0 Å². The lowest BCUT2D eigenvalue weighted by molar-refractivity contribution is -0.194. The van der Waals surface area contributed by atoms with Gasteiger partial charge in [-0.05, 0) is 12.1 Å². The standard InChI is InChI=1S/C8H5F3O5S/c9-8(10,11)17(12,13)16-6-2-1-5-4-14-15-7(5)3-6/h1-3H,4H2. The zero-order chi connectivity index (χ0) is 12.7. The second-order valence-electron chi connectivity index (χ2n) is 3.10. The van der Waals surface area contributed by atoms with Crippen LogP contribution in [0, 0.1) is 0 Å². The van der Waals surface area contributed by atoms with Gasteiger partial charge in [-0.15, -0.1) is 0 Å². The Morgan fingerprint density at radius 2 is 2.00 bits per heavy atom. The van der Waals surface area contributed by atoms with Gasteiger partial charge in [-0.2, -0.15) is 26.5 Å². The summed E-state index contributed by atoms with van der Waals surface area (Å²) in [5.74, 6) is -0.369. The van der Waals surface area contributed by atoms with Crippen LogP contribution in [0.25, 0.3) is 0 Å². The zero-order valence-corrected chi connectivity index (χ0v) is 8.84. The first kappa shape index (κ1) is 12.0. The third-order valence-electron chi connectivity index (χ3n) is 1.89. The highest BCUT2D eigenvalue weighted by Gasteiger charge is 2.48. The number of benzene rings is 1. The number of fused-ring (bicyclic) bond motifs is 1. The molecule has 0 spiro atoms. The molecule has 2 rings (SSSR count). The Morgan fingerprint density at radius 1 is 1.29 bits per heavy atom. The Balaban J connectivity index is 2.26. The van der Waals surface area contributed by atoms with E-state index in [9.17, 15) is 21.6 Å². The van der Waals surface area contributed by atoms with Gasteiger partial charge in [0, 0.05) is 11.6 Å². The van der Waals surface area contributed by atoms with Gasteiger partial charge < -0.3 is 9.07 Å². The summed E-state index contributed by atoms with van der Waals surface area (Å²) >= 11 is 0. The van der Waals surface area contributed by atoms with Gasteiger partial charge in [-0.3, -0.25) is 0 Å². The molecule has 0 aromatic heterocycles. The van der Waals surface area contributed by atoms with Gasteiger partial charge in [0.2, 0.25) is 0 Å². The van der Waals surface area contributed by atoms with Crippen molar-refractivity contribution in [3.8, 4) is 11.5 Å². The van der Waals surface area contributed by atoms with Crippen molar-refractivity contribution in [1.29, 1.82) is 0 Å². The molecule has 0 radical (unpaired) electrons. The van der Waals surface area contributed by atoms with Crippen molar-refractivity contribution in [2.45, 2.75) is 12.1 Å². The lowest BCUT2D eigenvalue weighted by atomic mass is 10.2. The molecule has 17 heavy (non-hydrogen) atoms. The van der Waals surface area contributed by atoms with E-state index in [2.05, 4.69) is 14.0 Å². The summed E-state index contributed by atoms with van der Waals surface area (Å²) in [6.07, 6.45) is 0. The normalized spacial score (nSPS) is 15.2. The van der Waals surface area contributed by atoms with Gasteiger partial charge in [0.05, 0.1) is 0 Å². The van der Waals surface area contributed by atoms with Crippen LogP contribution in [-0.4, -0.2) is 13.9 Å². The molecule has 0 fully saturated rings. The Kier molecular flexibility index (Phi) is 2.66. The minimum atomic E-state index is -5.66. The molecule has 1 heterocycles. The molecule has 5 nitrogen and oxygen atoms in total. The molecular formula is C8H5F3O5S. The smallest absolute Gasteiger partial charge is 0.376 e. The first-order chi connectivity index (χ1) is 7.79. The lowest BCUT2D eigenvalue weighted by Crippen LogP contribution is -2.28. The molecule has 0 atom stereocenters. The first-order valence-corrected chi connectivity index (χ1v) is 5.63. The molecule has 0 saturated heterocycles. The molecule has 0 N–H and O–H groups in total. The second-order valence-corrected chi connectivity index (χ2v) is 4.64. The van der Waals surface area contributed by atoms with Gasteiger partial charge in [-0.25, -0.2) is 0 Å². The summed E-state index contributed by atoms with van der Waals surface area (Å²) in [7, 11) is -5.66. The third kappa shape index (κ3) is 2.29. The molecule has 0 saturated carbocycles. The average Bonchev–Trinajstić information content (AvgIpc) is 2.62. The maximum absolute atomic E-state index is 12.0. The summed E-state index contributed by atoms with van der Waals surface area (Å²) in [5, 5.41) is 0. The largest absolute Gasteiger partial charge is 0.534 e. The van der Waals surface area contributed by atoms with Crippen molar-refractivity contribution in [1.82, 2.24) is 0 Å². The van der Waals surface area contributed by atoms with E-state index in [1.807, 2.05) is 0 Å². The highest BCUT2D eigenvalue weighted by Crippen LogP contribution is 2.33. The molecule has 94 valence electrons. The Bertz CT molecular complexity index is 537. The van der Waals surface area contributed by atoms with Gasteiger partial charge in [0.15, 0.2) is 5.75 Å². The summed E-state index contributed by atoms with van der Waals surface area (Å²) in [6.45, 7) is 0.141. The molecular weight excluding hydrogens is 265 g/mol. The van der Waals surface area contributed by atoms with E-state index in [-0.39, 0.29) is 12.4 Å². The quantitative estimate of drug-likeness (QED) is 0.465. The summed E-state index contributed by atoms with van der Waals surface area (Å²) in [4.78, 5) is 9.12. The van der Waals surface area contributed by atoms with Gasteiger partial charge in [0.1, 0.15) is 12.4 Å². The Morgan fingerprint density at radius 3 is 2.65 bits per heavy atom. The lowest BCUT2D eigenvalue weighted by Gasteiger charge is -2.09. The molecule has 0 amide bonds. The average molecular weight is 270 g/mol. The highest BCUT2D eigenvalue weighted by molar-refractivity contribution is 7.87. The Hall–Kier alpha value is -1.48. The van der Waals surface area contributed by atoms with Crippen LogP contribution in [0.3, 0.4) is 0 Å². The molecule has 9 heteroatoms. The number of alkyl halides is 3. The fraction of sp³-hybridized carbons (Fsp3) is 0.250. The van der Waals surface area contributed by atoms with E-state index in [1.54, 1.807) is 0 Å². The maximum atomic E-state index is 12.0. The first-order valence-electron chi connectivity index (χ1n) is 4.23. The number of hydrogen-bond acceptors (Lipinski definition) is 5. The summed E-state index contributed by atoms with van der Waals surface area (Å²) in [6, 6.07) is 3.44. The van der Waals surface area contributed by atoms with Crippen molar-refractivity contribution in [2.75, 3.05) is 0 Å². The monoisotopic (exact) mass is 270 g/mol. The molecule has 1 aliphatic rings. The topological polar surface area (TPSA) is 61.8 Å².